The molecule has 0 aromatic heterocycles. The topological polar surface area (TPSA) is 0 Å². The van der Waals surface area contributed by atoms with Crippen molar-refractivity contribution in [1.82, 2.24) is 0 Å². The standard InChI is InChI=1S/C5H15ClSi2/c1-8(2,6)5-3-4-7/h3-5H2,1-2,7H3. The Kier molecular flexibility index (Phi) is 4.03. The Morgan fingerprint density at radius 3 is 2.12 bits per heavy atom. The van der Waals surface area contributed by atoms with Gasteiger partial charge in [0.2, 0.25) is 0 Å². The van der Waals surface area contributed by atoms with E-state index >= 15 is 0 Å². The first-order valence-electron chi connectivity index (χ1n) is 3.25. The first-order chi connectivity index (χ1) is 3.56. The molecule has 0 fully saturated rings. The van der Waals surface area contributed by atoms with Crippen LogP contribution in [0.15, 0.2) is 0 Å². The van der Waals surface area contributed by atoms with E-state index in [9.17, 15) is 0 Å². The summed E-state index contributed by atoms with van der Waals surface area (Å²) in [6.07, 6.45) is 1.37. The van der Waals surface area contributed by atoms with Gasteiger partial charge in [0.15, 0.2) is 0 Å². The van der Waals surface area contributed by atoms with Gasteiger partial charge in [0, 0.05) is 10.2 Å². The minimum Gasteiger partial charge on any atom is -0.168 e. The third kappa shape index (κ3) is 6.72. The van der Waals surface area contributed by atoms with Crippen LogP contribution in [0.25, 0.3) is 0 Å². The molecule has 0 heterocycles. The predicted octanol–water partition coefficient (Wildman–Crippen LogP) is 1.60. The van der Waals surface area contributed by atoms with Gasteiger partial charge in [-0.3, -0.25) is 0 Å². The minimum atomic E-state index is -1.18. The van der Waals surface area contributed by atoms with Crippen molar-refractivity contribution < 1.29 is 0 Å². The molecule has 0 nitrogen and oxygen atoms in total. The van der Waals surface area contributed by atoms with Crippen molar-refractivity contribution in [2.24, 2.45) is 0 Å². The molecule has 0 aliphatic carbocycles. The highest BCUT2D eigenvalue weighted by Crippen LogP contribution is 2.16. The fraction of sp³-hybridized carbons (Fsp3) is 1.00. The van der Waals surface area contributed by atoms with E-state index in [0.717, 1.165) is 0 Å². The molecular formula is C5H15ClSi2. The van der Waals surface area contributed by atoms with Gasteiger partial charge in [0.05, 0.1) is 0 Å². The average Bonchev–Trinajstić information content (AvgIpc) is 1.59. The molecular weight excluding hydrogens is 152 g/mol. The lowest BCUT2D eigenvalue weighted by molar-refractivity contribution is 1.05. The van der Waals surface area contributed by atoms with E-state index in [-0.39, 0.29) is 0 Å². The van der Waals surface area contributed by atoms with Crippen molar-refractivity contribution in [1.29, 1.82) is 0 Å². The van der Waals surface area contributed by atoms with Crippen molar-refractivity contribution in [2.45, 2.75) is 31.6 Å². The highest BCUT2D eigenvalue weighted by molar-refractivity contribution is 7.19. The summed E-state index contributed by atoms with van der Waals surface area (Å²) >= 11 is 6.07. The molecule has 0 aromatic carbocycles. The van der Waals surface area contributed by atoms with Crippen LogP contribution in [0.4, 0.5) is 0 Å². The molecule has 3 heteroatoms. The maximum atomic E-state index is 6.07. The largest absolute Gasteiger partial charge is 0.168 e. The molecule has 0 bridgehead atoms. The lowest BCUT2D eigenvalue weighted by atomic mass is 10.6. The Bertz CT molecular complexity index is 57.9. The normalized spacial score (nSPS) is 12.4. The maximum Gasteiger partial charge on any atom is 0.150 e. The van der Waals surface area contributed by atoms with Crippen molar-refractivity contribution in [3.63, 3.8) is 0 Å². The van der Waals surface area contributed by atoms with Crippen LogP contribution in [0, 0.1) is 0 Å². The molecule has 50 valence electrons. The molecule has 0 saturated heterocycles. The smallest absolute Gasteiger partial charge is 0.150 e. The molecule has 0 N–H and O–H groups in total. The Balaban J connectivity index is 3.11. The first kappa shape index (κ1) is 8.72. The van der Waals surface area contributed by atoms with Crippen LogP contribution in [0.2, 0.25) is 25.2 Å². The first-order valence-corrected chi connectivity index (χ1v) is 8.88. The van der Waals surface area contributed by atoms with E-state index < -0.39 is 7.38 Å². The zero-order valence-corrected chi connectivity index (χ0v) is 9.76. The number of hydrogen-bond acceptors (Lipinski definition) is 0. The summed E-state index contributed by atoms with van der Waals surface area (Å²) in [5.41, 5.74) is 0. The molecule has 0 unspecified atom stereocenters. The van der Waals surface area contributed by atoms with Gasteiger partial charge in [0.1, 0.15) is 7.38 Å². The Labute approximate surface area is 60.8 Å². The average molecular weight is 167 g/mol. The zero-order chi connectivity index (χ0) is 6.62. The third-order valence-corrected chi connectivity index (χ3v) is 3.94. The number of rotatable bonds is 3. The summed E-state index contributed by atoms with van der Waals surface area (Å²) in [7, 11) is 0.162. The highest BCUT2D eigenvalue weighted by atomic mass is 35.6. The Morgan fingerprint density at radius 2 is 2.00 bits per heavy atom. The van der Waals surface area contributed by atoms with E-state index in [2.05, 4.69) is 13.1 Å². The molecule has 0 atom stereocenters. The van der Waals surface area contributed by atoms with Gasteiger partial charge in [-0.15, -0.1) is 0 Å². The van der Waals surface area contributed by atoms with E-state index in [4.69, 9.17) is 11.1 Å². The second-order valence-electron chi connectivity index (χ2n) is 2.82. The van der Waals surface area contributed by atoms with Gasteiger partial charge in [-0.2, -0.15) is 11.1 Å². The molecule has 0 aliphatic rings. The van der Waals surface area contributed by atoms with Gasteiger partial charge in [-0.1, -0.05) is 25.6 Å². The van der Waals surface area contributed by atoms with Gasteiger partial charge < -0.3 is 0 Å². The number of hydrogen-bond donors (Lipinski definition) is 0. The van der Waals surface area contributed by atoms with Crippen LogP contribution in [0.1, 0.15) is 6.42 Å². The Morgan fingerprint density at radius 1 is 1.50 bits per heavy atom. The van der Waals surface area contributed by atoms with E-state index in [1.54, 1.807) is 0 Å². The van der Waals surface area contributed by atoms with Crippen LogP contribution in [0.5, 0.6) is 0 Å². The van der Waals surface area contributed by atoms with Crippen LogP contribution >= 0.6 is 11.1 Å². The molecule has 0 aliphatic heterocycles. The van der Waals surface area contributed by atoms with E-state index in [0.29, 0.717) is 0 Å². The summed E-state index contributed by atoms with van der Waals surface area (Å²) in [6, 6.07) is 2.72. The molecule has 0 amide bonds. The lowest BCUT2D eigenvalue weighted by Gasteiger charge is -2.10. The van der Waals surface area contributed by atoms with Crippen molar-refractivity contribution in [3.8, 4) is 0 Å². The van der Waals surface area contributed by atoms with Crippen molar-refractivity contribution in [2.75, 3.05) is 0 Å². The van der Waals surface area contributed by atoms with Gasteiger partial charge >= 0.3 is 0 Å². The fourth-order valence-electron chi connectivity index (χ4n) is 0.597. The molecule has 0 aromatic rings. The third-order valence-electron chi connectivity index (χ3n) is 1.12. The number of halogens is 1. The summed E-state index contributed by atoms with van der Waals surface area (Å²) in [4.78, 5) is 0. The van der Waals surface area contributed by atoms with Gasteiger partial charge in [-0.25, -0.2) is 0 Å². The maximum absolute atomic E-state index is 6.07. The van der Waals surface area contributed by atoms with Crippen molar-refractivity contribution >= 4 is 28.7 Å². The molecule has 0 rings (SSSR count). The summed E-state index contributed by atoms with van der Waals surface area (Å²) in [5.74, 6) is 0. The SMILES string of the molecule is C[Si](C)(Cl)CCC[SiH3]. The summed E-state index contributed by atoms with van der Waals surface area (Å²) < 4.78 is 0. The second kappa shape index (κ2) is 3.69. The summed E-state index contributed by atoms with van der Waals surface area (Å²) in [6.45, 7) is 4.43. The molecule has 8 heavy (non-hydrogen) atoms. The second-order valence-corrected chi connectivity index (χ2v) is 10.8. The van der Waals surface area contributed by atoms with Crippen molar-refractivity contribution in [3.05, 3.63) is 0 Å². The quantitative estimate of drug-likeness (QED) is 0.442. The molecule has 0 saturated carbocycles. The van der Waals surface area contributed by atoms with Gasteiger partial charge in [0.25, 0.3) is 0 Å². The minimum absolute atomic E-state index is 1.18. The van der Waals surface area contributed by atoms with Crippen LogP contribution in [-0.2, 0) is 0 Å². The van der Waals surface area contributed by atoms with E-state index in [1.807, 2.05) is 0 Å². The molecule has 0 spiro atoms. The van der Waals surface area contributed by atoms with Crippen LogP contribution < -0.4 is 0 Å². The summed E-state index contributed by atoms with van der Waals surface area (Å²) in [5, 5.41) is 0. The fourth-order valence-corrected chi connectivity index (χ4v) is 3.25. The lowest BCUT2D eigenvalue weighted by Crippen LogP contribution is -2.14. The van der Waals surface area contributed by atoms with Gasteiger partial charge in [-0.05, 0) is 6.04 Å². The van der Waals surface area contributed by atoms with Crippen LogP contribution in [-0.4, -0.2) is 17.6 Å². The Hall–Kier alpha value is 0.724. The highest BCUT2D eigenvalue weighted by Gasteiger charge is 2.14. The van der Waals surface area contributed by atoms with Crippen LogP contribution in [0.3, 0.4) is 0 Å². The zero-order valence-electron chi connectivity index (χ0n) is 6.00. The predicted molar refractivity (Wildman–Crippen MR) is 47.5 cm³/mol. The monoisotopic (exact) mass is 166 g/mol. The van der Waals surface area contributed by atoms with E-state index in [1.165, 1.54) is 28.8 Å². The molecule has 0 radical (unpaired) electrons.